The number of hydrogen-bond acceptors (Lipinski definition) is 3. The lowest BCUT2D eigenvalue weighted by atomic mass is 10.0. The van der Waals surface area contributed by atoms with Crippen LogP contribution in [0.2, 0.25) is 0 Å². The second-order valence-corrected chi connectivity index (χ2v) is 5.49. The lowest BCUT2D eigenvalue weighted by Gasteiger charge is -2.33. The molecule has 1 aromatic rings. The van der Waals surface area contributed by atoms with E-state index in [1.807, 2.05) is 24.0 Å². The summed E-state index contributed by atoms with van der Waals surface area (Å²) in [6, 6.07) is 2.63. The summed E-state index contributed by atoms with van der Waals surface area (Å²) in [7, 11) is 1.95. The van der Waals surface area contributed by atoms with Gasteiger partial charge in [-0.3, -0.25) is 4.68 Å². The van der Waals surface area contributed by atoms with E-state index in [1.54, 1.807) is 0 Å². The van der Waals surface area contributed by atoms with Gasteiger partial charge in [-0.05, 0) is 18.8 Å². The second kappa shape index (κ2) is 5.54. The quantitative estimate of drug-likeness (QED) is 0.867. The Morgan fingerprint density at radius 2 is 2.12 bits per heavy atom. The maximum absolute atomic E-state index is 4.36. The molecule has 1 fully saturated rings. The molecule has 0 bridgehead atoms. The summed E-state index contributed by atoms with van der Waals surface area (Å²) in [5.74, 6) is 1.78. The molecule has 0 radical (unpaired) electrons. The van der Waals surface area contributed by atoms with Gasteiger partial charge in [0.1, 0.15) is 5.82 Å². The topological polar surface area (TPSA) is 33.1 Å². The number of anilines is 1. The standard InChI is InChI=1S/C13H24N4/c1-11(2)10-17-8-4-12(5-9-17)14-13-6-7-16(3)15-13/h6-7,11-12H,4-5,8-10H2,1-3H3,(H,14,15). The first-order chi connectivity index (χ1) is 8.13. The van der Waals surface area contributed by atoms with Crippen LogP contribution in [0, 0.1) is 5.92 Å². The predicted octanol–water partition coefficient (Wildman–Crippen LogP) is 1.95. The summed E-state index contributed by atoms with van der Waals surface area (Å²) >= 11 is 0. The van der Waals surface area contributed by atoms with Gasteiger partial charge in [0.25, 0.3) is 0 Å². The number of piperidine rings is 1. The third kappa shape index (κ3) is 3.73. The summed E-state index contributed by atoms with van der Waals surface area (Å²) in [5, 5.41) is 7.88. The van der Waals surface area contributed by atoms with E-state index >= 15 is 0 Å². The van der Waals surface area contributed by atoms with Crippen LogP contribution in [0.4, 0.5) is 5.82 Å². The number of likely N-dealkylation sites (tertiary alicyclic amines) is 1. The van der Waals surface area contributed by atoms with Crippen LogP contribution in [0.5, 0.6) is 0 Å². The van der Waals surface area contributed by atoms with Crippen LogP contribution in [0.3, 0.4) is 0 Å². The van der Waals surface area contributed by atoms with Crippen LogP contribution in [-0.4, -0.2) is 40.4 Å². The Balaban J connectivity index is 1.75. The van der Waals surface area contributed by atoms with E-state index in [-0.39, 0.29) is 0 Å². The molecule has 0 atom stereocenters. The molecule has 1 saturated heterocycles. The molecule has 1 N–H and O–H groups in total. The zero-order valence-corrected chi connectivity index (χ0v) is 11.2. The van der Waals surface area contributed by atoms with Gasteiger partial charge >= 0.3 is 0 Å². The molecule has 0 aromatic carbocycles. The van der Waals surface area contributed by atoms with Gasteiger partial charge in [0.2, 0.25) is 0 Å². The molecular weight excluding hydrogens is 212 g/mol. The Morgan fingerprint density at radius 1 is 1.41 bits per heavy atom. The van der Waals surface area contributed by atoms with E-state index in [9.17, 15) is 0 Å². The summed E-state index contributed by atoms with van der Waals surface area (Å²) < 4.78 is 1.84. The fraction of sp³-hybridized carbons (Fsp3) is 0.769. The predicted molar refractivity (Wildman–Crippen MR) is 71.1 cm³/mol. The monoisotopic (exact) mass is 236 g/mol. The molecule has 0 saturated carbocycles. The Morgan fingerprint density at radius 3 is 2.65 bits per heavy atom. The number of hydrogen-bond donors (Lipinski definition) is 1. The lowest BCUT2D eigenvalue weighted by Crippen LogP contribution is -2.40. The maximum atomic E-state index is 4.36. The molecule has 0 amide bonds. The highest BCUT2D eigenvalue weighted by Crippen LogP contribution is 2.15. The summed E-state index contributed by atoms with van der Waals surface area (Å²) in [4.78, 5) is 2.57. The van der Waals surface area contributed by atoms with Crippen LogP contribution in [0.25, 0.3) is 0 Å². The molecule has 0 aliphatic carbocycles. The van der Waals surface area contributed by atoms with Crippen molar-refractivity contribution in [3.63, 3.8) is 0 Å². The normalized spacial score (nSPS) is 18.8. The van der Waals surface area contributed by atoms with E-state index < -0.39 is 0 Å². The van der Waals surface area contributed by atoms with Crippen molar-refractivity contribution in [1.82, 2.24) is 14.7 Å². The molecule has 4 heteroatoms. The van der Waals surface area contributed by atoms with Gasteiger partial charge in [-0.25, -0.2) is 0 Å². The zero-order chi connectivity index (χ0) is 12.3. The van der Waals surface area contributed by atoms with Crippen LogP contribution in [0.15, 0.2) is 12.3 Å². The van der Waals surface area contributed by atoms with Crippen LogP contribution >= 0.6 is 0 Å². The Bertz CT molecular complexity index is 337. The maximum Gasteiger partial charge on any atom is 0.148 e. The summed E-state index contributed by atoms with van der Waals surface area (Å²) in [5.41, 5.74) is 0. The Kier molecular flexibility index (Phi) is 4.05. The molecule has 1 aliphatic rings. The smallest absolute Gasteiger partial charge is 0.148 e. The van der Waals surface area contributed by atoms with E-state index in [0.29, 0.717) is 6.04 Å². The van der Waals surface area contributed by atoms with Crippen LogP contribution < -0.4 is 5.32 Å². The van der Waals surface area contributed by atoms with Crippen LogP contribution in [0.1, 0.15) is 26.7 Å². The van der Waals surface area contributed by atoms with Crippen molar-refractivity contribution in [3.8, 4) is 0 Å². The van der Waals surface area contributed by atoms with E-state index in [4.69, 9.17) is 0 Å². The van der Waals surface area contributed by atoms with Gasteiger partial charge in [-0.15, -0.1) is 0 Å². The SMILES string of the molecule is CC(C)CN1CCC(Nc2ccn(C)n2)CC1. The van der Waals surface area contributed by atoms with Crippen molar-refractivity contribution in [1.29, 1.82) is 0 Å². The Labute approximate surface area is 104 Å². The summed E-state index contributed by atoms with van der Waals surface area (Å²) in [6.07, 6.45) is 4.43. The first kappa shape index (κ1) is 12.4. The van der Waals surface area contributed by atoms with E-state index in [1.165, 1.54) is 32.5 Å². The van der Waals surface area contributed by atoms with Crippen molar-refractivity contribution < 1.29 is 0 Å². The minimum Gasteiger partial charge on any atom is -0.366 e. The fourth-order valence-corrected chi connectivity index (χ4v) is 2.48. The Hall–Kier alpha value is -1.03. The van der Waals surface area contributed by atoms with Crippen molar-refractivity contribution in [3.05, 3.63) is 12.3 Å². The number of nitrogens with zero attached hydrogens (tertiary/aromatic N) is 3. The van der Waals surface area contributed by atoms with Gasteiger partial charge in [0, 0.05) is 45.0 Å². The molecule has 4 nitrogen and oxygen atoms in total. The molecular formula is C13H24N4. The largest absolute Gasteiger partial charge is 0.366 e. The number of rotatable bonds is 4. The highest BCUT2D eigenvalue weighted by atomic mass is 15.3. The molecule has 0 unspecified atom stereocenters. The van der Waals surface area contributed by atoms with Crippen molar-refractivity contribution >= 4 is 5.82 Å². The van der Waals surface area contributed by atoms with E-state index in [0.717, 1.165) is 11.7 Å². The molecule has 1 aliphatic heterocycles. The van der Waals surface area contributed by atoms with Gasteiger partial charge < -0.3 is 10.2 Å². The van der Waals surface area contributed by atoms with Crippen molar-refractivity contribution in [2.45, 2.75) is 32.7 Å². The molecule has 2 rings (SSSR count). The van der Waals surface area contributed by atoms with Gasteiger partial charge in [0.15, 0.2) is 0 Å². The number of aromatic nitrogens is 2. The summed E-state index contributed by atoms with van der Waals surface area (Å²) in [6.45, 7) is 8.23. The molecule has 2 heterocycles. The second-order valence-electron chi connectivity index (χ2n) is 5.49. The number of aryl methyl sites for hydroxylation is 1. The van der Waals surface area contributed by atoms with Gasteiger partial charge in [0.05, 0.1) is 0 Å². The minimum absolute atomic E-state index is 0.591. The zero-order valence-electron chi connectivity index (χ0n) is 11.2. The minimum atomic E-state index is 0.591. The average Bonchev–Trinajstić information content (AvgIpc) is 2.66. The average molecular weight is 236 g/mol. The van der Waals surface area contributed by atoms with Gasteiger partial charge in [-0.2, -0.15) is 5.10 Å². The number of nitrogens with one attached hydrogen (secondary N) is 1. The highest BCUT2D eigenvalue weighted by Gasteiger charge is 2.19. The molecule has 0 spiro atoms. The van der Waals surface area contributed by atoms with Gasteiger partial charge in [-0.1, -0.05) is 13.8 Å². The van der Waals surface area contributed by atoms with Crippen molar-refractivity contribution in [2.24, 2.45) is 13.0 Å². The van der Waals surface area contributed by atoms with Crippen molar-refractivity contribution in [2.75, 3.05) is 25.0 Å². The first-order valence-corrected chi connectivity index (χ1v) is 6.62. The first-order valence-electron chi connectivity index (χ1n) is 6.62. The van der Waals surface area contributed by atoms with Crippen LogP contribution in [-0.2, 0) is 7.05 Å². The third-order valence-electron chi connectivity index (χ3n) is 3.28. The third-order valence-corrected chi connectivity index (χ3v) is 3.28. The highest BCUT2D eigenvalue weighted by molar-refractivity contribution is 5.33. The fourth-order valence-electron chi connectivity index (χ4n) is 2.48. The lowest BCUT2D eigenvalue weighted by molar-refractivity contribution is 0.198. The molecule has 96 valence electrons. The van der Waals surface area contributed by atoms with E-state index in [2.05, 4.69) is 29.2 Å². The molecule has 1 aromatic heterocycles. The molecule has 17 heavy (non-hydrogen) atoms.